The Balaban J connectivity index is 1.81. The topological polar surface area (TPSA) is 64.4 Å². The highest BCUT2D eigenvalue weighted by Gasteiger charge is 2.29. The molecule has 1 aromatic carbocycles. The van der Waals surface area contributed by atoms with Gasteiger partial charge in [0.1, 0.15) is 0 Å². The number of nitro groups is 1. The van der Waals surface area contributed by atoms with Crippen molar-refractivity contribution in [2.75, 3.05) is 13.6 Å². The minimum atomic E-state index is -0.812. The molecular formula is C13H17FN2O3. The molecule has 0 atom stereocenters. The number of ether oxygens (including phenoxy) is 1. The molecule has 1 aliphatic rings. The van der Waals surface area contributed by atoms with Crippen LogP contribution in [-0.2, 0) is 11.3 Å². The van der Waals surface area contributed by atoms with Crippen LogP contribution in [0.15, 0.2) is 18.2 Å². The van der Waals surface area contributed by atoms with Crippen molar-refractivity contribution in [2.45, 2.75) is 25.6 Å². The summed E-state index contributed by atoms with van der Waals surface area (Å²) in [7, 11) is 1.92. The highest BCUT2D eigenvalue weighted by atomic mass is 19.1. The number of nitrogens with one attached hydrogen (secondary N) is 1. The van der Waals surface area contributed by atoms with Crippen molar-refractivity contribution < 1.29 is 14.1 Å². The third kappa shape index (κ3) is 3.48. The zero-order valence-electron chi connectivity index (χ0n) is 10.8. The first-order valence-electron chi connectivity index (χ1n) is 6.29. The van der Waals surface area contributed by atoms with Crippen molar-refractivity contribution >= 4 is 5.69 Å². The van der Waals surface area contributed by atoms with Gasteiger partial charge in [0, 0.05) is 6.07 Å². The number of nitrogens with zero attached hydrogens (tertiary/aromatic N) is 1. The van der Waals surface area contributed by atoms with Crippen molar-refractivity contribution in [3.05, 3.63) is 39.7 Å². The molecule has 0 heterocycles. The second-order valence-electron chi connectivity index (χ2n) is 4.87. The Morgan fingerprint density at radius 2 is 2.26 bits per heavy atom. The molecule has 0 saturated heterocycles. The molecule has 6 heteroatoms. The molecule has 1 saturated carbocycles. The molecule has 2 rings (SSSR count). The zero-order chi connectivity index (χ0) is 13.8. The summed E-state index contributed by atoms with van der Waals surface area (Å²) < 4.78 is 19.0. The standard InChI is InChI=1S/C13H17FN2O3/c1-15-7-10-4-11(5-10)19-8-9-2-3-13(16(17)18)12(14)6-9/h2-3,6,10-11,15H,4-5,7-8H2,1H3. The summed E-state index contributed by atoms with van der Waals surface area (Å²) in [6.07, 6.45) is 2.24. The molecule has 0 unspecified atom stereocenters. The normalized spacial score (nSPS) is 22.0. The Morgan fingerprint density at radius 1 is 1.53 bits per heavy atom. The zero-order valence-corrected chi connectivity index (χ0v) is 10.8. The Kier molecular flexibility index (Phi) is 4.44. The van der Waals surface area contributed by atoms with Crippen LogP contribution in [0.5, 0.6) is 0 Å². The van der Waals surface area contributed by atoms with E-state index < -0.39 is 16.4 Å². The summed E-state index contributed by atoms with van der Waals surface area (Å²) >= 11 is 0. The molecule has 0 radical (unpaired) electrons. The SMILES string of the molecule is CNCC1CC(OCc2ccc([N+](=O)[O-])c(F)c2)C1. The Morgan fingerprint density at radius 3 is 2.84 bits per heavy atom. The van der Waals surface area contributed by atoms with Crippen molar-refractivity contribution in [1.29, 1.82) is 0 Å². The van der Waals surface area contributed by atoms with Crippen molar-refractivity contribution in [1.82, 2.24) is 5.32 Å². The van der Waals surface area contributed by atoms with Crippen LogP contribution in [0.3, 0.4) is 0 Å². The summed E-state index contributed by atoms with van der Waals surface area (Å²) in [5.41, 5.74) is 0.127. The highest BCUT2D eigenvalue weighted by Crippen LogP contribution is 2.30. The fraction of sp³-hybridized carbons (Fsp3) is 0.538. The van der Waals surface area contributed by atoms with Crippen LogP contribution in [0.25, 0.3) is 0 Å². The monoisotopic (exact) mass is 268 g/mol. The van der Waals surface area contributed by atoms with E-state index in [1.54, 1.807) is 0 Å². The van der Waals surface area contributed by atoms with Crippen LogP contribution in [0.1, 0.15) is 18.4 Å². The highest BCUT2D eigenvalue weighted by molar-refractivity contribution is 5.34. The number of hydrogen-bond acceptors (Lipinski definition) is 4. The predicted octanol–water partition coefficient (Wildman–Crippen LogP) is 2.25. The second kappa shape index (κ2) is 6.08. The first-order valence-corrected chi connectivity index (χ1v) is 6.29. The van der Waals surface area contributed by atoms with Gasteiger partial charge in [0.2, 0.25) is 5.82 Å². The average Bonchev–Trinajstić information content (AvgIpc) is 2.31. The third-order valence-corrected chi connectivity index (χ3v) is 3.38. The van der Waals surface area contributed by atoms with Gasteiger partial charge < -0.3 is 10.1 Å². The van der Waals surface area contributed by atoms with E-state index in [4.69, 9.17) is 4.74 Å². The first-order chi connectivity index (χ1) is 9.10. The summed E-state index contributed by atoms with van der Waals surface area (Å²) in [4.78, 5) is 9.75. The largest absolute Gasteiger partial charge is 0.374 e. The van der Waals surface area contributed by atoms with E-state index in [2.05, 4.69) is 5.32 Å². The number of halogens is 1. The summed E-state index contributed by atoms with van der Waals surface area (Å²) in [5, 5.41) is 13.6. The lowest BCUT2D eigenvalue weighted by atomic mass is 9.82. The van der Waals surface area contributed by atoms with Gasteiger partial charge in [-0.3, -0.25) is 10.1 Å². The molecule has 0 aliphatic heterocycles. The second-order valence-corrected chi connectivity index (χ2v) is 4.87. The van der Waals surface area contributed by atoms with Crippen LogP contribution < -0.4 is 5.32 Å². The molecule has 0 bridgehead atoms. The Hall–Kier alpha value is -1.53. The van der Waals surface area contributed by atoms with Crippen LogP contribution in [0, 0.1) is 21.8 Å². The molecule has 1 aromatic rings. The van der Waals surface area contributed by atoms with Crippen molar-refractivity contribution in [2.24, 2.45) is 5.92 Å². The number of benzene rings is 1. The Bertz CT molecular complexity index is 461. The molecule has 1 N–H and O–H groups in total. The van der Waals surface area contributed by atoms with E-state index >= 15 is 0 Å². The van der Waals surface area contributed by atoms with Crippen molar-refractivity contribution in [3.8, 4) is 0 Å². The summed E-state index contributed by atoms with van der Waals surface area (Å²) in [6, 6.07) is 3.88. The minimum Gasteiger partial charge on any atom is -0.374 e. The number of nitro benzene ring substituents is 1. The van der Waals surface area contributed by atoms with E-state index in [0.29, 0.717) is 18.1 Å². The molecule has 0 amide bonds. The maximum absolute atomic E-state index is 13.4. The summed E-state index contributed by atoms with van der Waals surface area (Å²) in [6.45, 7) is 1.29. The first kappa shape index (κ1) is 13.9. The molecular weight excluding hydrogens is 251 g/mol. The summed E-state index contributed by atoms with van der Waals surface area (Å²) in [5.74, 6) is -0.156. The fourth-order valence-corrected chi connectivity index (χ4v) is 2.27. The van der Waals surface area contributed by atoms with Gasteiger partial charge in [0.05, 0.1) is 17.6 Å². The van der Waals surface area contributed by atoms with E-state index in [1.807, 2.05) is 7.05 Å². The minimum absolute atomic E-state index is 0.219. The molecule has 1 fully saturated rings. The van der Waals surface area contributed by atoms with Gasteiger partial charge in [-0.25, -0.2) is 0 Å². The van der Waals surface area contributed by atoms with Gasteiger partial charge in [-0.2, -0.15) is 4.39 Å². The van der Waals surface area contributed by atoms with Crippen LogP contribution in [-0.4, -0.2) is 24.6 Å². The number of rotatable bonds is 6. The number of hydrogen-bond donors (Lipinski definition) is 1. The van der Waals surface area contributed by atoms with E-state index in [9.17, 15) is 14.5 Å². The lowest BCUT2D eigenvalue weighted by molar-refractivity contribution is -0.387. The van der Waals surface area contributed by atoms with Crippen LogP contribution in [0.4, 0.5) is 10.1 Å². The molecule has 0 spiro atoms. The van der Waals surface area contributed by atoms with Gasteiger partial charge in [-0.05, 0) is 50.0 Å². The lowest BCUT2D eigenvalue weighted by Gasteiger charge is -2.35. The van der Waals surface area contributed by atoms with Gasteiger partial charge in [-0.15, -0.1) is 0 Å². The van der Waals surface area contributed by atoms with E-state index in [0.717, 1.165) is 19.4 Å². The molecule has 1 aliphatic carbocycles. The van der Waals surface area contributed by atoms with Crippen LogP contribution in [0.2, 0.25) is 0 Å². The fourth-order valence-electron chi connectivity index (χ4n) is 2.27. The van der Waals surface area contributed by atoms with E-state index in [1.165, 1.54) is 18.2 Å². The smallest absolute Gasteiger partial charge is 0.304 e. The van der Waals surface area contributed by atoms with Crippen molar-refractivity contribution in [3.63, 3.8) is 0 Å². The van der Waals surface area contributed by atoms with Gasteiger partial charge in [0.25, 0.3) is 0 Å². The van der Waals surface area contributed by atoms with E-state index in [-0.39, 0.29) is 6.10 Å². The van der Waals surface area contributed by atoms with Gasteiger partial charge in [0.15, 0.2) is 0 Å². The van der Waals surface area contributed by atoms with Gasteiger partial charge in [-0.1, -0.05) is 0 Å². The maximum Gasteiger partial charge on any atom is 0.304 e. The lowest BCUT2D eigenvalue weighted by Crippen LogP contribution is -2.36. The molecule has 104 valence electrons. The maximum atomic E-state index is 13.4. The quantitative estimate of drug-likeness (QED) is 0.635. The average molecular weight is 268 g/mol. The predicted molar refractivity (Wildman–Crippen MR) is 68.3 cm³/mol. The third-order valence-electron chi connectivity index (χ3n) is 3.38. The molecule has 0 aromatic heterocycles. The Labute approximate surface area is 110 Å². The molecule has 19 heavy (non-hydrogen) atoms. The van der Waals surface area contributed by atoms with Crippen LogP contribution >= 0.6 is 0 Å². The van der Waals surface area contributed by atoms with Gasteiger partial charge >= 0.3 is 5.69 Å². The molecule has 5 nitrogen and oxygen atoms in total.